The van der Waals surface area contributed by atoms with E-state index >= 15 is 0 Å². The van der Waals surface area contributed by atoms with E-state index in [2.05, 4.69) is 10.3 Å². The lowest BCUT2D eigenvalue weighted by Gasteiger charge is -2.25. The van der Waals surface area contributed by atoms with Crippen LogP contribution in [0.15, 0.2) is 82.0 Å². The van der Waals surface area contributed by atoms with Crippen molar-refractivity contribution in [2.24, 2.45) is 0 Å². The minimum Gasteiger partial charge on any atom is -0.478 e. The largest absolute Gasteiger partial charge is 0.478 e. The molecular formula is C25H21N3O4S. The van der Waals surface area contributed by atoms with E-state index in [0.29, 0.717) is 17.4 Å². The molecule has 4 heterocycles. The molecule has 0 unspecified atom stereocenters. The first kappa shape index (κ1) is 21.0. The Hall–Kier alpha value is -3.91. The number of carboxylic acids is 1. The summed E-state index contributed by atoms with van der Waals surface area (Å²) in [5.74, 6) is 1.22. The number of rotatable bonds is 6. The second kappa shape index (κ2) is 8.55. The maximum Gasteiger partial charge on any atom is 0.335 e. The Kier molecular flexibility index (Phi) is 5.43. The summed E-state index contributed by atoms with van der Waals surface area (Å²) in [6, 6.07) is 17.9. The Balaban J connectivity index is 1.53. The fourth-order valence-electron chi connectivity index (χ4n) is 4.18. The molecule has 0 bridgehead atoms. The van der Waals surface area contributed by atoms with Crippen LogP contribution < -0.4 is 5.32 Å². The van der Waals surface area contributed by atoms with Crippen LogP contribution in [0, 0.1) is 6.92 Å². The van der Waals surface area contributed by atoms with Crippen LogP contribution >= 0.6 is 12.2 Å². The molecule has 1 saturated heterocycles. The summed E-state index contributed by atoms with van der Waals surface area (Å²) in [7, 11) is 0. The van der Waals surface area contributed by atoms with Gasteiger partial charge in [-0.15, -0.1) is 0 Å². The van der Waals surface area contributed by atoms with Crippen molar-refractivity contribution in [3.8, 4) is 11.3 Å². The highest BCUT2D eigenvalue weighted by Gasteiger charge is 2.42. The Morgan fingerprint density at radius 2 is 2.06 bits per heavy atom. The van der Waals surface area contributed by atoms with E-state index in [0.717, 1.165) is 28.3 Å². The minimum absolute atomic E-state index is 0.205. The maximum atomic E-state index is 11.3. The fraction of sp³-hybridized carbons (Fsp3) is 0.160. The molecule has 1 aliphatic rings. The highest BCUT2D eigenvalue weighted by atomic mass is 32.1. The number of nitrogens with zero attached hydrogens (tertiary/aromatic N) is 2. The van der Waals surface area contributed by atoms with Gasteiger partial charge < -0.3 is 24.2 Å². The summed E-state index contributed by atoms with van der Waals surface area (Å²) in [4.78, 5) is 17.9. The first-order chi connectivity index (χ1) is 16.0. The van der Waals surface area contributed by atoms with Gasteiger partial charge in [0.25, 0.3) is 0 Å². The molecule has 7 nitrogen and oxygen atoms in total. The summed E-state index contributed by atoms with van der Waals surface area (Å²) in [5.41, 5.74) is 2.76. The van der Waals surface area contributed by atoms with Gasteiger partial charge in [-0.3, -0.25) is 4.98 Å². The highest BCUT2D eigenvalue weighted by molar-refractivity contribution is 7.80. The average Bonchev–Trinajstić information content (AvgIpc) is 3.56. The van der Waals surface area contributed by atoms with Gasteiger partial charge in [0.05, 0.1) is 30.1 Å². The van der Waals surface area contributed by atoms with Crippen LogP contribution in [-0.2, 0) is 6.54 Å². The van der Waals surface area contributed by atoms with E-state index in [1.165, 1.54) is 0 Å². The number of pyridine rings is 1. The van der Waals surface area contributed by atoms with Crippen molar-refractivity contribution in [1.82, 2.24) is 15.2 Å². The van der Waals surface area contributed by atoms with Crippen molar-refractivity contribution in [2.45, 2.75) is 25.6 Å². The zero-order valence-corrected chi connectivity index (χ0v) is 18.6. The quantitative estimate of drug-likeness (QED) is 0.384. The molecule has 0 aliphatic carbocycles. The lowest BCUT2D eigenvalue weighted by molar-refractivity contribution is 0.0696. The topological polar surface area (TPSA) is 91.7 Å². The summed E-state index contributed by atoms with van der Waals surface area (Å²) in [6.07, 6.45) is 3.40. The van der Waals surface area contributed by atoms with Gasteiger partial charge in [-0.05, 0) is 73.2 Å². The Labute approximate surface area is 195 Å². The number of aryl methyl sites for hydroxylation is 1. The van der Waals surface area contributed by atoms with Crippen LogP contribution in [0.5, 0.6) is 0 Å². The molecule has 3 aromatic heterocycles. The van der Waals surface area contributed by atoms with Crippen LogP contribution in [0.3, 0.4) is 0 Å². The van der Waals surface area contributed by atoms with Gasteiger partial charge in [0, 0.05) is 11.8 Å². The lowest BCUT2D eigenvalue weighted by atomic mass is 10.0. The van der Waals surface area contributed by atoms with Gasteiger partial charge in [-0.25, -0.2) is 4.79 Å². The molecule has 2 N–H and O–H groups in total. The van der Waals surface area contributed by atoms with Crippen molar-refractivity contribution in [1.29, 1.82) is 0 Å². The lowest BCUT2D eigenvalue weighted by Crippen LogP contribution is -2.28. The highest BCUT2D eigenvalue weighted by Crippen LogP contribution is 2.41. The molecular weight excluding hydrogens is 438 g/mol. The van der Waals surface area contributed by atoms with Crippen molar-refractivity contribution < 1.29 is 18.7 Å². The number of hydrogen-bond donors (Lipinski definition) is 2. The first-order valence-electron chi connectivity index (χ1n) is 10.5. The SMILES string of the molecule is Cc1cc(C(=O)O)ccc1-c1ccc([C@@H]2[C@H](c3ccccn3)NC(=S)N2Cc2ccco2)o1. The number of thiocarbonyl (C=S) groups is 1. The Morgan fingerprint density at radius 3 is 2.76 bits per heavy atom. The summed E-state index contributed by atoms with van der Waals surface area (Å²) < 4.78 is 11.9. The number of furan rings is 2. The monoisotopic (exact) mass is 459 g/mol. The minimum atomic E-state index is -0.956. The van der Waals surface area contributed by atoms with E-state index in [9.17, 15) is 9.90 Å². The van der Waals surface area contributed by atoms with E-state index in [1.807, 2.05) is 54.3 Å². The van der Waals surface area contributed by atoms with Gasteiger partial charge in [-0.2, -0.15) is 0 Å². The third-order valence-corrected chi connectivity index (χ3v) is 6.11. The maximum absolute atomic E-state index is 11.3. The van der Waals surface area contributed by atoms with Crippen LogP contribution in [0.1, 0.15) is 45.2 Å². The van der Waals surface area contributed by atoms with Gasteiger partial charge >= 0.3 is 5.97 Å². The number of aromatic carboxylic acids is 1. The second-order valence-corrected chi connectivity index (χ2v) is 8.26. The van der Waals surface area contributed by atoms with Crippen LogP contribution in [0.2, 0.25) is 0 Å². The van der Waals surface area contributed by atoms with E-state index in [1.54, 1.807) is 30.7 Å². The number of carboxylic acid groups (broad SMARTS) is 1. The molecule has 1 aromatic carbocycles. The predicted octanol–water partition coefficient (Wildman–Crippen LogP) is 5.11. The summed E-state index contributed by atoms with van der Waals surface area (Å²) in [6.45, 7) is 2.35. The van der Waals surface area contributed by atoms with E-state index in [4.69, 9.17) is 21.1 Å². The molecule has 1 fully saturated rings. The second-order valence-electron chi connectivity index (χ2n) is 7.87. The third-order valence-electron chi connectivity index (χ3n) is 5.76. The molecule has 166 valence electrons. The number of benzene rings is 1. The molecule has 0 saturated carbocycles. The molecule has 8 heteroatoms. The molecule has 2 atom stereocenters. The van der Waals surface area contributed by atoms with Crippen molar-refractivity contribution in [3.63, 3.8) is 0 Å². The molecule has 1 aliphatic heterocycles. The molecule has 5 rings (SSSR count). The molecule has 0 amide bonds. The molecule has 33 heavy (non-hydrogen) atoms. The Morgan fingerprint density at radius 1 is 1.18 bits per heavy atom. The van der Waals surface area contributed by atoms with E-state index < -0.39 is 5.97 Å². The van der Waals surface area contributed by atoms with Gasteiger partial charge in [0.2, 0.25) is 0 Å². The average molecular weight is 460 g/mol. The molecule has 4 aromatic rings. The van der Waals surface area contributed by atoms with Crippen molar-refractivity contribution in [3.05, 3.63) is 101 Å². The molecule has 0 spiro atoms. The van der Waals surface area contributed by atoms with Gasteiger partial charge in [0.1, 0.15) is 23.3 Å². The van der Waals surface area contributed by atoms with Crippen LogP contribution in [0.4, 0.5) is 0 Å². The van der Waals surface area contributed by atoms with Crippen molar-refractivity contribution >= 4 is 23.3 Å². The zero-order valence-electron chi connectivity index (χ0n) is 17.8. The number of aromatic nitrogens is 1. The summed E-state index contributed by atoms with van der Waals surface area (Å²) >= 11 is 5.68. The predicted molar refractivity (Wildman–Crippen MR) is 126 cm³/mol. The van der Waals surface area contributed by atoms with Gasteiger partial charge in [-0.1, -0.05) is 12.1 Å². The van der Waals surface area contributed by atoms with Gasteiger partial charge in [0.15, 0.2) is 5.11 Å². The number of carbonyl (C=O) groups is 1. The third kappa shape index (κ3) is 4.01. The standard InChI is InChI=1S/C25H21N3O4S/c1-15-13-16(24(29)30)7-8-18(15)20-9-10-21(32-20)23-22(19-6-2-3-11-26-19)27-25(33)28(23)14-17-5-4-12-31-17/h2-13,22-23H,14H2,1H3,(H,27,33)(H,29,30)/t22-,23+/m0/s1. The number of nitrogens with one attached hydrogen (secondary N) is 1. The Bertz CT molecular complexity index is 1300. The first-order valence-corrected chi connectivity index (χ1v) is 10.9. The number of hydrogen-bond acceptors (Lipinski definition) is 5. The summed E-state index contributed by atoms with van der Waals surface area (Å²) in [5, 5.41) is 13.2. The molecule has 0 radical (unpaired) electrons. The zero-order chi connectivity index (χ0) is 22.9. The normalized spacial score (nSPS) is 17.8. The van der Waals surface area contributed by atoms with Crippen molar-refractivity contribution in [2.75, 3.05) is 0 Å². The smallest absolute Gasteiger partial charge is 0.335 e. The van der Waals surface area contributed by atoms with Crippen LogP contribution in [0.25, 0.3) is 11.3 Å². The van der Waals surface area contributed by atoms with Crippen LogP contribution in [-0.4, -0.2) is 26.1 Å². The van der Waals surface area contributed by atoms with E-state index in [-0.39, 0.29) is 17.6 Å². The fourth-order valence-corrected chi connectivity index (χ4v) is 4.49.